The molecule has 1 heterocycles. The summed E-state index contributed by atoms with van der Waals surface area (Å²) in [6, 6.07) is 20.1. The van der Waals surface area contributed by atoms with Gasteiger partial charge in [0, 0.05) is 20.2 Å². The van der Waals surface area contributed by atoms with Gasteiger partial charge in [0.1, 0.15) is 0 Å². The molecule has 1 aromatic heterocycles. The summed E-state index contributed by atoms with van der Waals surface area (Å²) in [7, 11) is 0. The highest BCUT2D eigenvalue weighted by molar-refractivity contribution is 7.26. The highest BCUT2D eigenvalue weighted by Gasteiger charge is 2.10. The summed E-state index contributed by atoms with van der Waals surface area (Å²) in [5.41, 5.74) is 1.42. The van der Waals surface area contributed by atoms with Crippen LogP contribution in [-0.2, 0) is 0 Å². The molecule has 0 saturated carbocycles. The van der Waals surface area contributed by atoms with Crippen molar-refractivity contribution >= 4 is 42.3 Å². The molecule has 0 radical (unpaired) electrons. The minimum Gasteiger partial charge on any atom is -0.135 e. The zero-order valence-electron chi connectivity index (χ0n) is 11.7. The zero-order valence-corrected chi connectivity index (χ0v) is 12.5. The first kappa shape index (κ1) is 11.9. The Kier molecular flexibility index (Phi) is 2.58. The molecule has 0 bridgehead atoms. The Morgan fingerprint density at radius 3 is 2.45 bits per heavy atom. The summed E-state index contributed by atoms with van der Waals surface area (Å²) in [6.45, 7) is 4.52. The maximum atomic E-state index is 2.38. The Morgan fingerprint density at radius 2 is 1.60 bits per heavy atom. The van der Waals surface area contributed by atoms with Crippen molar-refractivity contribution in [2.75, 3.05) is 0 Å². The van der Waals surface area contributed by atoms with Crippen molar-refractivity contribution in [3.05, 3.63) is 60.2 Å². The van der Waals surface area contributed by atoms with E-state index in [0.29, 0.717) is 5.92 Å². The first-order valence-corrected chi connectivity index (χ1v) is 7.89. The van der Waals surface area contributed by atoms with Crippen LogP contribution < -0.4 is 0 Å². The van der Waals surface area contributed by atoms with E-state index in [1.165, 1.54) is 36.5 Å². The van der Waals surface area contributed by atoms with Gasteiger partial charge in [0.15, 0.2) is 0 Å². The molecular formula is C19H16S. The molecule has 0 saturated heterocycles. The topological polar surface area (TPSA) is 0 Å². The maximum absolute atomic E-state index is 2.38. The van der Waals surface area contributed by atoms with Crippen LogP contribution in [0.4, 0.5) is 0 Å². The molecule has 0 unspecified atom stereocenters. The van der Waals surface area contributed by atoms with Crippen LogP contribution in [0.15, 0.2) is 54.6 Å². The smallest absolute Gasteiger partial charge is 0.0361 e. The van der Waals surface area contributed by atoms with E-state index in [9.17, 15) is 0 Å². The second-order valence-electron chi connectivity index (χ2n) is 5.67. The summed E-state index contributed by atoms with van der Waals surface area (Å²) >= 11 is 1.90. The van der Waals surface area contributed by atoms with Gasteiger partial charge in [-0.2, -0.15) is 0 Å². The minimum absolute atomic E-state index is 0.573. The molecule has 0 aliphatic rings. The van der Waals surface area contributed by atoms with E-state index in [-0.39, 0.29) is 0 Å². The van der Waals surface area contributed by atoms with Gasteiger partial charge < -0.3 is 0 Å². The van der Waals surface area contributed by atoms with Crippen LogP contribution in [0.2, 0.25) is 0 Å². The second-order valence-corrected chi connectivity index (χ2v) is 6.76. The largest absolute Gasteiger partial charge is 0.135 e. The number of thiophene rings is 1. The van der Waals surface area contributed by atoms with Crippen molar-refractivity contribution in [3.8, 4) is 0 Å². The minimum atomic E-state index is 0.573. The zero-order chi connectivity index (χ0) is 13.7. The van der Waals surface area contributed by atoms with Gasteiger partial charge in [-0.05, 0) is 40.5 Å². The molecule has 0 nitrogen and oxygen atoms in total. The summed E-state index contributed by atoms with van der Waals surface area (Å²) in [5, 5.41) is 5.53. The van der Waals surface area contributed by atoms with E-state index in [1.54, 1.807) is 0 Å². The maximum Gasteiger partial charge on any atom is 0.0361 e. The van der Waals surface area contributed by atoms with Gasteiger partial charge in [0.25, 0.3) is 0 Å². The Hall–Kier alpha value is -1.86. The molecule has 98 valence electrons. The Morgan fingerprint density at radius 1 is 0.800 bits per heavy atom. The first-order chi connectivity index (χ1) is 9.74. The van der Waals surface area contributed by atoms with E-state index in [2.05, 4.69) is 68.4 Å². The van der Waals surface area contributed by atoms with Crippen molar-refractivity contribution < 1.29 is 0 Å². The molecule has 20 heavy (non-hydrogen) atoms. The Balaban J connectivity index is 2.22. The van der Waals surface area contributed by atoms with Crippen LogP contribution in [0.25, 0.3) is 30.9 Å². The van der Waals surface area contributed by atoms with E-state index in [0.717, 1.165) is 0 Å². The van der Waals surface area contributed by atoms with Crippen LogP contribution in [0, 0.1) is 0 Å². The fraction of sp³-hybridized carbons (Fsp3) is 0.158. The number of hydrogen-bond donors (Lipinski definition) is 0. The third-order valence-corrected chi connectivity index (χ3v) is 5.19. The normalized spacial score (nSPS) is 11.9. The number of benzene rings is 3. The van der Waals surface area contributed by atoms with Crippen LogP contribution in [0.3, 0.4) is 0 Å². The summed E-state index contributed by atoms with van der Waals surface area (Å²) in [5.74, 6) is 0.573. The standard InChI is InChI=1S/C19H16S/c1-12(2)14-8-9-17-16(11-14)19-15-6-4-3-5-13(15)7-10-18(19)20-17/h3-12H,1-2H3. The van der Waals surface area contributed by atoms with Crippen LogP contribution in [-0.4, -0.2) is 0 Å². The van der Waals surface area contributed by atoms with Crippen LogP contribution in [0.1, 0.15) is 25.3 Å². The van der Waals surface area contributed by atoms with Gasteiger partial charge in [-0.3, -0.25) is 0 Å². The Bertz CT molecular complexity index is 928. The Labute approximate surface area is 122 Å². The lowest BCUT2D eigenvalue weighted by molar-refractivity contribution is 0.869. The van der Waals surface area contributed by atoms with Gasteiger partial charge in [-0.1, -0.05) is 50.2 Å². The average molecular weight is 276 g/mol. The predicted molar refractivity (Wildman–Crippen MR) is 90.9 cm³/mol. The molecule has 3 aromatic carbocycles. The summed E-state index contributed by atoms with van der Waals surface area (Å²) in [6.07, 6.45) is 0. The van der Waals surface area contributed by atoms with Crippen molar-refractivity contribution in [1.29, 1.82) is 0 Å². The quantitative estimate of drug-likeness (QED) is 0.381. The van der Waals surface area contributed by atoms with Crippen molar-refractivity contribution in [2.24, 2.45) is 0 Å². The van der Waals surface area contributed by atoms with Gasteiger partial charge in [-0.25, -0.2) is 0 Å². The van der Waals surface area contributed by atoms with Gasteiger partial charge in [-0.15, -0.1) is 11.3 Å². The van der Waals surface area contributed by atoms with Gasteiger partial charge >= 0.3 is 0 Å². The third-order valence-electron chi connectivity index (χ3n) is 4.05. The molecule has 0 aliphatic heterocycles. The molecule has 0 fully saturated rings. The third kappa shape index (κ3) is 1.66. The molecule has 0 aliphatic carbocycles. The molecule has 0 spiro atoms. The number of rotatable bonds is 1. The highest BCUT2D eigenvalue weighted by atomic mass is 32.1. The molecule has 0 N–H and O–H groups in total. The molecular weight excluding hydrogens is 260 g/mol. The lowest BCUT2D eigenvalue weighted by Gasteiger charge is -2.05. The molecule has 4 aromatic rings. The lowest BCUT2D eigenvalue weighted by atomic mass is 9.99. The monoisotopic (exact) mass is 276 g/mol. The molecule has 4 rings (SSSR count). The van der Waals surface area contributed by atoms with Gasteiger partial charge in [0.2, 0.25) is 0 Å². The van der Waals surface area contributed by atoms with Crippen LogP contribution >= 0.6 is 11.3 Å². The van der Waals surface area contributed by atoms with E-state index in [4.69, 9.17) is 0 Å². The SMILES string of the molecule is CC(C)c1ccc2sc3ccc4ccccc4c3c2c1. The summed E-state index contributed by atoms with van der Waals surface area (Å²) in [4.78, 5) is 0. The van der Waals surface area contributed by atoms with Crippen molar-refractivity contribution in [2.45, 2.75) is 19.8 Å². The average Bonchev–Trinajstić information content (AvgIpc) is 2.85. The first-order valence-electron chi connectivity index (χ1n) is 7.08. The highest BCUT2D eigenvalue weighted by Crippen LogP contribution is 2.39. The number of hydrogen-bond acceptors (Lipinski definition) is 1. The van der Waals surface area contributed by atoms with E-state index < -0.39 is 0 Å². The van der Waals surface area contributed by atoms with E-state index in [1.807, 2.05) is 11.3 Å². The lowest BCUT2D eigenvalue weighted by Crippen LogP contribution is -1.85. The van der Waals surface area contributed by atoms with Gasteiger partial charge in [0.05, 0.1) is 0 Å². The fourth-order valence-corrected chi connectivity index (χ4v) is 4.03. The van der Waals surface area contributed by atoms with Crippen molar-refractivity contribution in [1.82, 2.24) is 0 Å². The van der Waals surface area contributed by atoms with Crippen LogP contribution in [0.5, 0.6) is 0 Å². The molecule has 1 heteroatoms. The predicted octanol–water partition coefficient (Wildman–Crippen LogP) is 6.33. The molecule has 0 amide bonds. The second kappa shape index (κ2) is 4.32. The van der Waals surface area contributed by atoms with Crippen molar-refractivity contribution in [3.63, 3.8) is 0 Å². The molecule has 0 atom stereocenters. The fourth-order valence-electron chi connectivity index (χ4n) is 2.92. The van der Waals surface area contributed by atoms with E-state index >= 15 is 0 Å². The number of fused-ring (bicyclic) bond motifs is 5. The summed E-state index contributed by atoms with van der Waals surface area (Å²) < 4.78 is 2.78.